The van der Waals surface area contributed by atoms with E-state index in [1.165, 1.54) is 19.3 Å². The minimum Gasteiger partial charge on any atom is -0.383 e. The summed E-state index contributed by atoms with van der Waals surface area (Å²) in [5, 5.41) is 3.17. The average Bonchev–Trinajstić information content (AvgIpc) is 2.59. The lowest BCUT2D eigenvalue weighted by molar-refractivity contribution is 0.186. The van der Waals surface area contributed by atoms with Crippen molar-refractivity contribution in [2.24, 2.45) is 0 Å². The van der Waals surface area contributed by atoms with Gasteiger partial charge < -0.3 is 14.4 Å². The van der Waals surface area contributed by atoms with E-state index in [9.17, 15) is 13.2 Å². The van der Waals surface area contributed by atoms with Crippen LogP contribution in [0.25, 0.3) is 0 Å². The number of nitrogens with one attached hydrogen (secondary N) is 1. The molecule has 1 N–H and O–H groups in total. The molecule has 0 heterocycles. The van der Waals surface area contributed by atoms with Crippen molar-refractivity contribution in [3.8, 4) is 5.75 Å². The summed E-state index contributed by atoms with van der Waals surface area (Å²) in [5.41, 5.74) is 0.945. The van der Waals surface area contributed by atoms with E-state index in [1.54, 1.807) is 24.3 Å². The van der Waals surface area contributed by atoms with Crippen molar-refractivity contribution >= 4 is 16.1 Å². The zero-order valence-corrected chi connectivity index (χ0v) is 16.6. The van der Waals surface area contributed by atoms with E-state index in [-0.39, 0.29) is 17.8 Å². The van der Waals surface area contributed by atoms with Crippen LogP contribution >= 0.6 is 0 Å². The summed E-state index contributed by atoms with van der Waals surface area (Å²) in [5.74, 6) is 0.281. The minimum atomic E-state index is -3.53. The molecule has 0 aromatic heterocycles. The zero-order chi connectivity index (χ0) is 19.0. The molecule has 7 heteroatoms. The van der Waals surface area contributed by atoms with Gasteiger partial charge in [0.25, 0.3) is 0 Å². The van der Waals surface area contributed by atoms with Crippen molar-refractivity contribution in [1.82, 2.24) is 10.2 Å². The molecule has 1 aliphatic rings. The first-order valence-electron chi connectivity index (χ1n) is 9.41. The number of amides is 2. The molecule has 1 fully saturated rings. The van der Waals surface area contributed by atoms with Crippen LogP contribution in [0.3, 0.4) is 0 Å². The van der Waals surface area contributed by atoms with Gasteiger partial charge in [-0.3, -0.25) is 0 Å². The second kappa shape index (κ2) is 9.80. The standard InChI is InChI=1S/C19H30N2O4S/c1-3-4-14-21(19(22)20-17-8-6-5-7-9-17)15-16-10-12-18(13-11-16)25-26(2,23)24/h10-13,17H,3-9,14-15H2,1-2H3,(H,20,22). The van der Waals surface area contributed by atoms with Crippen molar-refractivity contribution in [3.05, 3.63) is 29.8 Å². The first-order chi connectivity index (χ1) is 12.4. The summed E-state index contributed by atoms with van der Waals surface area (Å²) in [6.45, 7) is 3.31. The second-order valence-corrected chi connectivity index (χ2v) is 8.57. The van der Waals surface area contributed by atoms with Crippen LogP contribution in [0.2, 0.25) is 0 Å². The molecule has 0 atom stereocenters. The van der Waals surface area contributed by atoms with Gasteiger partial charge in [0.1, 0.15) is 5.75 Å². The van der Waals surface area contributed by atoms with Gasteiger partial charge in [-0.15, -0.1) is 0 Å². The van der Waals surface area contributed by atoms with Crippen molar-refractivity contribution in [2.75, 3.05) is 12.8 Å². The zero-order valence-electron chi connectivity index (χ0n) is 15.7. The fourth-order valence-electron chi connectivity index (χ4n) is 3.16. The maximum absolute atomic E-state index is 12.7. The number of nitrogens with zero attached hydrogens (tertiary/aromatic N) is 1. The third-order valence-electron chi connectivity index (χ3n) is 4.55. The Morgan fingerprint density at radius 2 is 1.85 bits per heavy atom. The van der Waals surface area contributed by atoms with Gasteiger partial charge in [0.05, 0.1) is 6.26 Å². The predicted octanol–water partition coefficient (Wildman–Crippen LogP) is 3.67. The van der Waals surface area contributed by atoms with Gasteiger partial charge in [-0.05, 0) is 37.0 Å². The van der Waals surface area contributed by atoms with Gasteiger partial charge in [0.2, 0.25) is 0 Å². The van der Waals surface area contributed by atoms with E-state index in [4.69, 9.17) is 4.18 Å². The Hall–Kier alpha value is -1.76. The van der Waals surface area contributed by atoms with E-state index >= 15 is 0 Å². The Bertz CT molecular complexity index is 667. The molecule has 0 unspecified atom stereocenters. The highest BCUT2D eigenvalue weighted by molar-refractivity contribution is 7.86. The van der Waals surface area contributed by atoms with E-state index in [0.29, 0.717) is 13.1 Å². The SMILES string of the molecule is CCCCN(Cc1ccc(OS(C)(=O)=O)cc1)C(=O)NC1CCCCC1. The Labute approximate surface area is 157 Å². The van der Waals surface area contributed by atoms with Gasteiger partial charge >= 0.3 is 16.1 Å². The molecule has 0 radical (unpaired) electrons. The molecule has 0 bridgehead atoms. The Kier molecular flexibility index (Phi) is 7.75. The highest BCUT2D eigenvalue weighted by Gasteiger charge is 2.20. The van der Waals surface area contributed by atoms with Crippen molar-refractivity contribution in [1.29, 1.82) is 0 Å². The van der Waals surface area contributed by atoms with Crippen LogP contribution in [-0.2, 0) is 16.7 Å². The predicted molar refractivity (Wildman–Crippen MR) is 103 cm³/mol. The number of unbranched alkanes of at least 4 members (excludes halogenated alkanes) is 1. The molecule has 0 spiro atoms. The van der Waals surface area contributed by atoms with Crippen LogP contribution in [0, 0.1) is 0 Å². The molecular formula is C19H30N2O4S. The van der Waals surface area contributed by atoms with E-state index in [2.05, 4.69) is 12.2 Å². The average molecular weight is 383 g/mol. The molecule has 2 rings (SSSR count). The van der Waals surface area contributed by atoms with E-state index < -0.39 is 10.1 Å². The monoisotopic (exact) mass is 382 g/mol. The Balaban J connectivity index is 1.98. The number of hydrogen-bond donors (Lipinski definition) is 1. The molecule has 1 saturated carbocycles. The smallest absolute Gasteiger partial charge is 0.317 e. The fraction of sp³-hybridized carbons (Fsp3) is 0.632. The number of benzene rings is 1. The van der Waals surface area contributed by atoms with Crippen LogP contribution in [-0.4, -0.2) is 38.2 Å². The minimum absolute atomic E-state index is 0.0122. The van der Waals surface area contributed by atoms with Crippen molar-refractivity contribution in [2.45, 2.75) is 64.5 Å². The van der Waals surface area contributed by atoms with Gasteiger partial charge in [0.15, 0.2) is 0 Å². The van der Waals surface area contributed by atoms with Crippen LogP contribution < -0.4 is 9.50 Å². The van der Waals surface area contributed by atoms with Crippen LogP contribution in [0.1, 0.15) is 57.4 Å². The highest BCUT2D eigenvalue weighted by atomic mass is 32.2. The van der Waals surface area contributed by atoms with Crippen molar-refractivity contribution in [3.63, 3.8) is 0 Å². The Morgan fingerprint density at radius 3 is 2.42 bits per heavy atom. The summed E-state index contributed by atoms with van der Waals surface area (Å²) >= 11 is 0. The number of carbonyl (C=O) groups is 1. The quantitative estimate of drug-likeness (QED) is 0.696. The molecule has 1 aromatic rings. The number of urea groups is 1. The van der Waals surface area contributed by atoms with Crippen molar-refractivity contribution < 1.29 is 17.4 Å². The van der Waals surface area contributed by atoms with E-state index in [1.807, 2.05) is 4.90 Å². The third-order valence-corrected chi connectivity index (χ3v) is 5.04. The molecular weight excluding hydrogens is 352 g/mol. The fourth-order valence-corrected chi connectivity index (χ4v) is 3.62. The third kappa shape index (κ3) is 7.23. The number of rotatable bonds is 8. The molecule has 1 aromatic carbocycles. The molecule has 1 aliphatic carbocycles. The van der Waals surface area contributed by atoms with Gasteiger partial charge in [-0.25, -0.2) is 4.79 Å². The van der Waals surface area contributed by atoms with E-state index in [0.717, 1.165) is 37.5 Å². The lowest BCUT2D eigenvalue weighted by Crippen LogP contribution is -2.45. The first-order valence-corrected chi connectivity index (χ1v) is 11.2. The lowest BCUT2D eigenvalue weighted by atomic mass is 9.96. The summed E-state index contributed by atoms with van der Waals surface area (Å²) in [6, 6.07) is 7.11. The molecule has 2 amide bonds. The topological polar surface area (TPSA) is 75.7 Å². The summed E-state index contributed by atoms with van der Waals surface area (Å²) < 4.78 is 27.2. The summed E-state index contributed by atoms with van der Waals surface area (Å²) in [6.07, 6.45) is 8.73. The summed E-state index contributed by atoms with van der Waals surface area (Å²) in [7, 11) is -3.53. The number of hydrogen-bond acceptors (Lipinski definition) is 4. The van der Waals surface area contributed by atoms with Crippen LogP contribution in [0.4, 0.5) is 4.79 Å². The molecule has 6 nitrogen and oxygen atoms in total. The maximum Gasteiger partial charge on any atom is 0.317 e. The van der Waals surface area contributed by atoms with Gasteiger partial charge in [-0.2, -0.15) is 8.42 Å². The summed E-state index contributed by atoms with van der Waals surface area (Å²) in [4.78, 5) is 14.5. The molecule has 146 valence electrons. The molecule has 26 heavy (non-hydrogen) atoms. The normalized spacial score (nSPS) is 15.5. The van der Waals surface area contributed by atoms with Gasteiger partial charge in [-0.1, -0.05) is 44.7 Å². The van der Waals surface area contributed by atoms with Crippen LogP contribution in [0.15, 0.2) is 24.3 Å². The highest BCUT2D eigenvalue weighted by Crippen LogP contribution is 2.19. The largest absolute Gasteiger partial charge is 0.383 e. The van der Waals surface area contributed by atoms with Crippen LogP contribution in [0.5, 0.6) is 5.75 Å². The number of carbonyl (C=O) groups excluding carboxylic acids is 1. The molecule has 0 saturated heterocycles. The maximum atomic E-state index is 12.7. The first kappa shape index (κ1) is 20.6. The second-order valence-electron chi connectivity index (χ2n) is 6.99. The van der Waals surface area contributed by atoms with Gasteiger partial charge in [0, 0.05) is 19.1 Å². The lowest BCUT2D eigenvalue weighted by Gasteiger charge is -2.28. The molecule has 0 aliphatic heterocycles. The Morgan fingerprint density at radius 1 is 1.19 bits per heavy atom.